The van der Waals surface area contributed by atoms with Gasteiger partial charge in [0.1, 0.15) is 11.4 Å². The number of carboxylic acid groups (broad SMARTS) is 1. The molecule has 2 aromatic heterocycles. The normalized spacial score (nSPS) is 16.1. The fourth-order valence-corrected chi connectivity index (χ4v) is 4.13. The molecular formula is C28H35N7O5. The summed E-state index contributed by atoms with van der Waals surface area (Å²) >= 11 is 0. The van der Waals surface area contributed by atoms with E-state index >= 15 is 0 Å². The number of ether oxygens (including phenoxy) is 1. The number of amides is 2. The number of carbonyl (C=O) groups excluding carboxylic acids is 1. The Morgan fingerprint density at radius 3 is 2.58 bits per heavy atom. The van der Waals surface area contributed by atoms with E-state index in [1.165, 1.54) is 5.56 Å². The number of benzene rings is 1. The van der Waals surface area contributed by atoms with Gasteiger partial charge in [-0.1, -0.05) is 38.1 Å². The largest absolute Gasteiger partial charge is 0.465 e. The van der Waals surface area contributed by atoms with Crippen LogP contribution in [-0.4, -0.2) is 62.0 Å². The Labute approximate surface area is 232 Å². The Bertz CT molecular complexity index is 1390. The predicted octanol–water partition coefficient (Wildman–Crippen LogP) is 5.52. The minimum absolute atomic E-state index is 0.0425. The molecule has 1 aliphatic heterocycles. The molecule has 40 heavy (non-hydrogen) atoms. The minimum Gasteiger partial charge on any atom is -0.465 e. The van der Waals surface area contributed by atoms with E-state index in [0.29, 0.717) is 42.6 Å². The number of rotatable bonds is 4. The van der Waals surface area contributed by atoms with Crippen molar-refractivity contribution >= 4 is 29.7 Å². The van der Waals surface area contributed by atoms with Crippen LogP contribution in [0.25, 0.3) is 11.4 Å². The van der Waals surface area contributed by atoms with E-state index < -0.39 is 17.8 Å². The Morgan fingerprint density at radius 1 is 1.15 bits per heavy atom. The van der Waals surface area contributed by atoms with Crippen molar-refractivity contribution in [2.24, 2.45) is 4.99 Å². The Balaban J connectivity index is 1.42. The maximum Gasteiger partial charge on any atom is 0.437 e. The summed E-state index contributed by atoms with van der Waals surface area (Å²) in [5.41, 5.74) is 2.15. The summed E-state index contributed by atoms with van der Waals surface area (Å²) < 4.78 is 10.7. The maximum absolute atomic E-state index is 12.2. The van der Waals surface area contributed by atoms with Gasteiger partial charge in [-0.15, -0.1) is 4.99 Å². The van der Waals surface area contributed by atoms with Crippen LogP contribution < -0.4 is 10.6 Å². The number of anilines is 2. The molecule has 0 saturated carbocycles. The molecule has 12 nitrogen and oxygen atoms in total. The number of pyridine rings is 1. The van der Waals surface area contributed by atoms with Crippen molar-refractivity contribution < 1.29 is 24.0 Å². The molecule has 12 heteroatoms. The van der Waals surface area contributed by atoms with Crippen LogP contribution in [0.3, 0.4) is 0 Å². The van der Waals surface area contributed by atoms with Gasteiger partial charge in [-0.3, -0.25) is 5.32 Å². The monoisotopic (exact) mass is 549 g/mol. The van der Waals surface area contributed by atoms with Gasteiger partial charge in [0.05, 0.1) is 5.92 Å². The zero-order valence-electron chi connectivity index (χ0n) is 23.6. The highest BCUT2D eigenvalue weighted by Gasteiger charge is 2.32. The molecule has 4 rings (SSSR count). The lowest BCUT2D eigenvalue weighted by Gasteiger charge is -2.21. The Kier molecular flexibility index (Phi) is 8.08. The Morgan fingerprint density at radius 2 is 1.93 bits per heavy atom. The molecule has 1 fully saturated rings. The number of carbonyl (C=O) groups is 2. The van der Waals surface area contributed by atoms with E-state index in [9.17, 15) is 14.7 Å². The Hall–Kier alpha value is -4.48. The first-order valence-corrected chi connectivity index (χ1v) is 13.0. The van der Waals surface area contributed by atoms with Gasteiger partial charge < -0.3 is 24.6 Å². The summed E-state index contributed by atoms with van der Waals surface area (Å²) in [5, 5.41) is 18.8. The van der Waals surface area contributed by atoms with Crippen molar-refractivity contribution in [3.63, 3.8) is 0 Å². The number of nitrogens with zero attached hydrogens (tertiary/aromatic N) is 5. The van der Waals surface area contributed by atoms with Crippen LogP contribution in [0.2, 0.25) is 0 Å². The molecule has 2 amide bonds. The fraction of sp³-hybridized carbons (Fsp3) is 0.429. The summed E-state index contributed by atoms with van der Waals surface area (Å²) in [7, 11) is 0. The zero-order valence-corrected chi connectivity index (χ0v) is 23.6. The minimum atomic E-state index is -1.34. The SMILES string of the molecule is CC(C)(C)OC(=O)N=C(NC(=O)O)N1CCC(c2nc(-c3ccc(Nc4cccc(C(C)(C)C)c4)nc3)no2)C1. The molecule has 3 heterocycles. The smallest absolute Gasteiger partial charge is 0.437 e. The third kappa shape index (κ3) is 7.55. The number of hydrogen-bond donors (Lipinski definition) is 3. The van der Waals surface area contributed by atoms with E-state index in [2.05, 4.69) is 63.7 Å². The van der Waals surface area contributed by atoms with Crippen LogP contribution in [0.1, 0.15) is 65.3 Å². The van der Waals surface area contributed by atoms with Gasteiger partial charge in [-0.25, -0.2) is 14.6 Å². The van der Waals surface area contributed by atoms with Crippen molar-refractivity contribution in [1.82, 2.24) is 25.3 Å². The highest BCUT2D eigenvalue weighted by atomic mass is 16.6. The van der Waals surface area contributed by atoms with Gasteiger partial charge in [0.15, 0.2) is 0 Å². The average molecular weight is 550 g/mol. The topological polar surface area (TPSA) is 155 Å². The van der Waals surface area contributed by atoms with E-state index in [4.69, 9.17) is 9.26 Å². The average Bonchev–Trinajstić information content (AvgIpc) is 3.53. The molecule has 3 N–H and O–H groups in total. The lowest BCUT2D eigenvalue weighted by molar-refractivity contribution is 0.0601. The van der Waals surface area contributed by atoms with Crippen LogP contribution in [0.4, 0.5) is 21.1 Å². The third-order valence-corrected chi connectivity index (χ3v) is 6.11. The standard InChI is InChI=1S/C28H35N7O5/c1-27(2,3)19-8-7-9-20(14-19)30-21-11-10-17(15-29-21)22-31-23(40-34-22)18-12-13-35(16-18)24(32-25(36)37)33-26(38)39-28(4,5)6/h7-11,14-15,18H,12-13,16H2,1-6H3,(H,29,30)(H,36,37)(H,32,33,38). The molecule has 1 unspecified atom stereocenters. The number of aliphatic imine (C=N–C) groups is 1. The molecule has 1 aromatic carbocycles. The lowest BCUT2D eigenvalue weighted by Crippen LogP contribution is -2.43. The highest BCUT2D eigenvalue weighted by molar-refractivity contribution is 5.98. The lowest BCUT2D eigenvalue weighted by atomic mass is 9.87. The number of likely N-dealkylation sites (tertiary alicyclic amines) is 1. The predicted molar refractivity (Wildman–Crippen MR) is 150 cm³/mol. The molecule has 1 atom stereocenters. The van der Waals surface area contributed by atoms with E-state index in [1.54, 1.807) is 31.9 Å². The van der Waals surface area contributed by atoms with Crippen molar-refractivity contribution in [2.45, 2.75) is 64.9 Å². The second-order valence-electron chi connectivity index (χ2n) is 11.6. The number of nitrogens with one attached hydrogen (secondary N) is 2. The third-order valence-electron chi connectivity index (χ3n) is 6.11. The van der Waals surface area contributed by atoms with Crippen LogP contribution in [-0.2, 0) is 10.2 Å². The number of hydrogen-bond acceptors (Lipinski definition) is 8. The van der Waals surface area contributed by atoms with Crippen LogP contribution >= 0.6 is 0 Å². The molecule has 1 aliphatic rings. The first-order chi connectivity index (χ1) is 18.8. The van der Waals surface area contributed by atoms with Gasteiger partial charge in [0.25, 0.3) is 0 Å². The fourth-order valence-electron chi connectivity index (χ4n) is 4.13. The summed E-state index contributed by atoms with van der Waals surface area (Å²) in [4.78, 5) is 38.0. The second-order valence-corrected chi connectivity index (χ2v) is 11.6. The molecule has 0 aliphatic carbocycles. The van der Waals surface area contributed by atoms with Gasteiger partial charge in [-0.05, 0) is 62.4 Å². The van der Waals surface area contributed by atoms with E-state index in [0.717, 1.165) is 5.69 Å². The van der Waals surface area contributed by atoms with Crippen molar-refractivity contribution in [2.75, 3.05) is 18.4 Å². The van der Waals surface area contributed by atoms with Crippen molar-refractivity contribution in [3.8, 4) is 11.4 Å². The quantitative estimate of drug-likeness (QED) is 0.280. The summed E-state index contributed by atoms with van der Waals surface area (Å²) in [6.45, 7) is 12.4. The molecule has 0 radical (unpaired) electrons. The molecular weight excluding hydrogens is 514 g/mol. The summed E-state index contributed by atoms with van der Waals surface area (Å²) in [6.07, 6.45) is 0.0594. The molecule has 0 spiro atoms. The number of guanidine groups is 1. The van der Waals surface area contributed by atoms with Crippen molar-refractivity contribution in [3.05, 3.63) is 54.0 Å². The first kappa shape index (κ1) is 28.5. The van der Waals surface area contributed by atoms with Gasteiger partial charge in [0.2, 0.25) is 17.7 Å². The zero-order chi connectivity index (χ0) is 29.1. The molecule has 212 valence electrons. The van der Waals surface area contributed by atoms with Gasteiger partial charge >= 0.3 is 12.2 Å². The molecule has 1 saturated heterocycles. The van der Waals surface area contributed by atoms with Crippen molar-refractivity contribution in [1.29, 1.82) is 0 Å². The van der Waals surface area contributed by atoms with E-state index in [-0.39, 0.29) is 17.3 Å². The van der Waals surface area contributed by atoms with Gasteiger partial charge in [-0.2, -0.15) is 4.98 Å². The molecule has 3 aromatic rings. The maximum atomic E-state index is 12.2. The molecule has 0 bridgehead atoms. The van der Waals surface area contributed by atoms with Crippen LogP contribution in [0, 0.1) is 0 Å². The first-order valence-electron chi connectivity index (χ1n) is 13.0. The highest BCUT2D eigenvalue weighted by Crippen LogP contribution is 2.29. The summed E-state index contributed by atoms with van der Waals surface area (Å²) in [6, 6.07) is 11.9. The van der Waals surface area contributed by atoms with Gasteiger partial charge in [0, 0.05) is 30.5 Å². The van der Waals surface area contributed by atoms with Crippen LogP contribution in [0.15, 0.2) is 52.1 Å². The summed E-state index contributed by atoms with van der Waals surface area (Å²) in [5.74, 6) is 1.21. The van der Waals surface area contributed by atoms with E-state index in [1.807, 2.05) is 24.3 Å². The number of aromatic nitrogens is 3. The second kappa shape index (κ2) is 11.3. The van der Waals surface area contributed by atoms with Crippen LogP contribution in [0.5, 0.6) is 0 Å².